The fraction of sp³-hybridized carbons (Fsp3) is 0.444. The van der Waals surface area contributed by atoms with E-state index >= 15 is 0 Å². The highest BCUT2D eigenvalue weighted by atomic mass is 32.2. The summed E-state index contributed by atoms with van der Waals surface area (Å²) in [5.41, 5.74) is 2.98. The molecule has 0 aliphatic heterocycles. The van der Waals surface area contributed by atoms with Crippen LogP contribution in [0.25, 0.3) is 0 Å². The van der Waals surface area contributed by atoms with Crippen LogP contribution in [0.15, 0.2) is 18.5 Å². The van der Waals surface area contributed by atoms with E-state index in [2.05, 4.69) is 10.4 Å². The Kier molecular flexibility index (Phi) is 4.34. The minimum Gasteiger partial charge on any atom is -0.271 e. The molecule has 90 valence electrons. The predicted octanol–water partition coefficient (Wildman–Crippen LogP) is 0.160. The van der Waals surface area contributed by atoms with Crippen LogP contribution in [0.3, 0.4) is 0 Å². The predicted molar refractivity (Wildman–Crippen MR) is 58.6 cm³/mol. The Morgan fingerprint density at radius 3 is 2.75 bits per heavy atom. The van der Waals surface area contributed by atoms with E-state index in [-0.39, 0.29) is 12.2 Å². The molecule has 0 aliphatic rings. The smallest absolute Gasteiger partial charge is 0.147 e. The van der Waals surface area contributed by atoms with E-state index in [1.165, 1.54) is 12.3 Å². The van der Waals surface area contributed by atoms with Gasteiger partial charge in [-0.15, -0.1) is 0 Å². The van der Waals surface area contributed by atoms with Crippen LogP contribution in [0.5, 0.6) is 0 Å². The van der Waals surface area contributed by atoms with Crippen LogP contribution < -0.4 is 11.3 Å². The van der Waals surface area contributed by atoms with Gasteiger partial charge in [0.05, 0.1) is 11.9 Å². The van der Waals surface area contributed by atoms with Crippen molar-refractivity contribution in [1.29, 1.82) is 0 Å². The Hall–Kier alpha value is -1.05. The summed E-state index contributed by atoms with van der Waals surface area (Å²) < 4.78 is 34.9. The molecule has 0 bridgehead atoms. The van der Waals surface area contributed by atoms with Crippen molar-refractivity contribution in [2.75, 3.05) is 12.0 Å². The van der Waals surface area contributed by atoms with Gasteiger partial charge in [0.2, 0.25) is 0 Å². The van der Waals surface area contributed by atoms with Gasteiger partial charge in [-0.3, -0.25) is 16.3 Å². The maximum Gasteiger partial charge on any atom is 0.147 e. The second-order valence-electron chi connectivity index (χ2n) is 3.57. The maximum absolute atomic E-state index is 12.9. The highest BCUT2D eigenvalue weighted by Gasteiger charge is 2.13. The van der Waals surface area contributed by atoms with Crippen LogP contribution in [-0.2, 0) is 9.84 Å². The number of rotatable bonds is 5. The second kappa shape index (κ2) is 5.33. The summed E-state index contributed by atoms with van der Waals surface area (Å²) in [7, 11) is -3.06. The van der Waals surface area contributed by atoms with E-state index < -0.39 is 21.7 Å². The average molecular weight is 247 g/mol. The molecule has 0 aliphatic carbocycles. The van der Waals surface area contributed by atoms with Gasteiger partial charge in [-0.25, -0.2) is 12.8 Å². The molecule has 0 spiro atoms. The summed E-state index contributed by atoms with van der Waals surface area (Å²) in [6, 6.07) is 0.859. The first-order valence-corrected chi connectivity index (χ1v) is 6.73. The van der Waals surface area contributed by atoms with Gasteiger partial charge < -0.3 is 0 Å². The first-order chi connectivity index (χ1) is 7.42. The standard InChI is InChI=1S/C9H14FN3O2S/c1-16(14,15)3-2-9(13-11)7-4-8(10)6-12-5-7/h4-6,9,13H,2-3,11H2,1H3. The van der Waals surface area contributed by atoms with Gasteiger partial charge in [-0.2, -0.15) is 0 Å². The van der Waals surface area contributed by atoms with Crippen molar-refractivity contribution in [3.8, 4) is 0 Å². The zero-order valence-electron chi connectivity index (χ0n) is 8.85. The van der Waals surface area contributed by atoms with E-state index in [4.69, 9.17) is 5.84 Å². The average Bonchev–Trinajstić information content (AvgIpc) is 2.17. The first-order valence-electron chi connectivity index (χ1n) is 4.66. The number of aromatic nitrogens is 1. The number of nitrogens with zero attached hydrogens (tertiary/aromatic N) is 1. The first kappa shape index (κ1) is 13.0. The Morgan fingerprint density at radius 2 is 2.25 bits per heavy atom. The number of hydrogen-bond donors (Lipinski definition) is 2. The summed E-state index contributed by atoms with van der Waals surface area (Å²) in [6.45, 7) is 0. The SMILES string of the molecule is CS(=O)(=O)CCC(NN)c1cncc(F)c1. The molecule has 0 amide bonds. The molecule has 1 aromatic rings. The van der Waals surface area contributed by atoms with Gasteiger partial charge in [0.1, 0.15) is 15.7 Å². The normalized spacial score (nSPS) is 13.7. The lowest BCUT2D eigenvalue weighted by molar-refractivity contribution is 0.524. The molecule has 0 aromatic carbocycles. The lowest BCUT2D eigenvalue weighted by Crippen LogP contribution is -2.29. The van der Waals surface area contributed by atoms with Crippen molar-refractivity contribution in [3.63, 3.8) is 0 Å². The van der Waals surface area contributed by atoms with Crippen molar-refractivity contribution in [1.82, 2.24) is 10.4 Å². The van der Waals surface area contributed by atoms with Crippen molar-refractivity contribution in [2.24, 2.45) is 5.84 Å². The summed E-state index contributed by atoms with van der Waals surface area (Å²) in [5, 5.41) is 0. The van der Waals surface area contributed by atoms with E-state index in [1.54, 1.807) is 0 Å². The van der Waals surface area contributed by atoms with Crippen LogP contribution >= 0.6 is 0 Å². The largest absolute Gasteiger partial charge is 0.271 e. The molecule has 1 aromatic heterocycles. The van der Waals surface area contributed by atoms with Crippen LogP contribution in [-0.4, -0.2) is 25.4 Å². The quantitative estimate of drug-likeness (QED) is 0.572. The van der Waals surface area contributed by atoms with Gasteiger partial charge in [0.15, 0.2) is 0 Å². The van der Waals surface area contributed by atoms with Crippen LogP contribution in [0.2, 0.25) is 0 Å². The summed E-state index contributed by atoms with van der Waals surface area (Å²) in [6.07, 6.45) is 3.95. The van der Waals surface area contributed by atoms with Gasteiger partial charge in [-0.05, 0) is 18.1 Å². The third kappa shape index (κ3) is 4.21. The van der Waals surface area contributed by atoms with E-state index in [0.717, 1.165) is 12.5 Å². The molecule has 0 radical (unpaired) electrons. The lowest BCUT2D eigenvalue weighted by Gasteiger charge is -2.15. The van der Waals surface area contributed by atoms with Crippen LogP contribution in [0.1, 0.15) is 18.0 Å². The molecule has 0 saturated heterocycles. The zero-order chi connectivity index (χ0) is 12.2. The maximum atomic E-state index is 12.9. The van der Waals surface area contributed by atoms with E-state index in [1.807, 2.05) is 0 Å². The summed E-state index contributed by atoms with van der Waals surface area (Å²) in [4.78, 5) is 3.68. The minimum atomic E-state index is -3.06. The van der Waals surface area contributed by atoms with Gasteiger partial charge in [-0.1, -0.05) is 0 Å². The molecule has 1 unspecified atom stereocenters. The highest BCUT2D eigenvalue weighted by molar-refractivity contribution is 7.90. The second-order valence-corrected chi connectivity index (χ2v) is 5.83. The Bertz CT molecular complexity index is 450. The van der Waals surface area contributed by atoms with E-state index in [0.29, 0.717) is 5.56 Å². The molecular weight excluding hydrogens is 233 g/mol. The molecule has 1 atom stereocenters. The number of halogens is 1. The Labute approximate surface area is 93.8 Å². The topological polar surface area (TPSA) is 85.1 Å². The van der Waals surface area contributed by atoms with Gasteiger partial charge >= 0.3 is 0 Å². The number of pyridine rings is 1. The van der Waals surface area contributed by atoms with Gasteiger partial charge in [0, 0.05) is 18.5 Å². The molecule has 0 saturated carbocycles. The monoisotopic (exact) mass is 247 g/mol. The number of hydrazine groups is 1. The van der Waals surface area contributed by atoms with Crippen LogP contribution in [0.4, 0.5) is 4.39 Å². The van der Waals surface area contributed by atoms with Crippen molar-refractivity contribution in [2.45, 2.75) is 12.5 Å². The molecule has 16 heavy (non-hydrogen) atoms. The zero-order valence-corrected chi connectivity index (χ0v) is 9.67. The minimum absolute atomic E-state index is 0.0155. The lowest BCUT2D eigenvalue weighted by atomic mass is 10.1. The third-order valence-corrected chi connectivity index (χ3v) is 3.08. The Morgan fingerprint density at radius 1 is 1.56 bits per heavy atom. The van der Waals surface area contributed by atoms with Gasteiger partial charge in [0.25, 0.3) is 0 Å². The number of nitrogens with two attached hydrogens (primary N) is 1. The third-order valence-electron chi connectivity index (χ3n) is 2.11. The highest BCUT2D eigenvalue weighted by Crippen LogP contribution is 2.16. The summed E-state index contributed by atoms with van der Waals surface area (Å²) >= 11 is 0. The summed E-state index contributed by atoms with van der Waals surface area (Å²) in [5.74, 6) is 4.80. The number of sulfone groups is 1. The molecule has 3 N–H and O–H groups in total. The molecule has 0 fully saturated rings. The molecule has 7 heteroatoms. The van der Waals surface area contributed by atoms with Crippen LogP contribution in [0, 0.1) is 5.82 Å². The van der Waals surface area contributed by atoms with Crippen molar-refractivity contribution >= 4 is 9.84 Å². The fourth-order valence-corrected chi connectivity index (χ4v) is 1.96. The number of nitrogens with one attached hydrogen (secondary N) is 1. The fourth-order valence-electron chi connectivity index (χ4n) is 1.30. The van der Waals surface area contributed by atoms with Crippen molar-refractivity contribution in [3.05, 3.63) is 29.8 Å². The molecular formula is C9H14FN3O2S. The van der Waals surface area contributed by atoms with E-state index in [9.17, 15) is 12.8 Å². The number of hydrogen-bond acceptors (Lipinski definition) is 5. The molecule has 1 rings (SSSR count). The van der Waals surface area contributed by atoms with Crippen molar-refractivity contribution < 1.29 is 12.8 Å². The molecule has 5 nitrogen and oxygen atoms in total. The Balaban J connectivity index is 2.75. The molecule has 1 heterocycles.